The Bertz CT molecular complexity index is 1110. The van der Waals surface area contributed by atoms with E-state index in [-0.39, 0.29) is 5.78 Å². The highest BCUT2D eigenvalue weighted by Crippen LogP contribution is 2.38. The van der Waals surface area contributed by atoms with E-state index in [1.165, 1.54) is 27.4 Å². The quantitative estimate of drug-likeness (QED) is 0.327. The zero-order valence-electron chi connectivity index (χ0n) is 17.1. The van der Waals surface area contributed by atoms with Gasteiger partial charge in [0.2, 0.25) is 5.75 Å². The third kappa shape index (κ3) is 5.29. The molecule has 0 aliphatic rings. The summed E-state index contributed by atoms with van der Waals surface area (Å²) in [6.07, 6.45) is 4.77. The number of nitrogens with zero attached hydrogens (tertiary/aromatic N) is 1. The third-order valence-corrected chi connectivity index (χ3v) is 4.93. The van der Waals surface area contributed by atoms with Crippen molar-refractivity contribution < 1.29 is 19.0 Å². The van der Waals surface area contributed by atoms with Gasteiger partial charge in [-0.2, -0.15) is 0 Å². The molecule has 2 aromatic carbocycles. The summed E-state index contributed by atoms with van der Waals surface area (Å²) in [4.78, 5) is 17.1. The number of ether oxygens (including phenoxy) is 3. The minimum atomic E-state index is -0.237. The number of anilines is 2. The predicted octanol–water partition coefficient (Wildman–Crippen LogP) is 6.05. The highest BCUT2D eigenvalue weighted by molar-refractivity contribution is 6.36. The van der Waals surface area contributed by atoms with Gasteiger partial charge in [-0.1, -0.05) is 23.2 Å². The van der Waals surface area contributed by atoms with Crippen LogP contribution in [0.4, 0.5) is 11.5 Å². The molecule has 0 unspecified atom stereocenters. The van der Waals surface area contributed by atoms with Crippen molar-refractivity contribution in [3.8, 4) is 17.2 Å². The molecule has 3 rings (SSSR count). The number of benzene rings is 2. The molecule has 0 amide bonds. The molecular weight excluding hydrogens is 439 g/mol. The summed E-state index contributed by atoms with van der Waals surface area (Å²) in [5.74, 6) is 1.53. The van der Waals surface area contributed by atoms with Crippen LogP contribution in [0.3, 0.4) is 0 Å². The van der Waals surface area contributed by atoms with Crippen LogP contribution in [-0.4, -0.2) is 32.1 Å². The second-order valence-corrected chi connectivity index (χ2v) is 7.15. The third-order valence-electron chi connectivity index (χ3n) is 4.39. The number of rotatable bonds is 8. The monoisotopic (exact) mass is 458 g/mol. The number of hydrogen-bond donors (Lipinski definition) is 1. The molecule has 1 N–H and O–H groups in total. The van der Waals surface area contributed by atoms with E-state index >= 15 is 0 Å². The molecule has 0 bridgehead atoms. The molecule has 0 aliphatic carbocycles. The fourth-order valence-electron chi connectivity index (χ4n) is 2.86. The first kappa shape index (κ1) is 22.5. The van der Waals surface area contributed by atoms with Gasteiger partial charge < -0.3 is 19.5 Å². The second-order valence-electron chi connectivity index (χ2n) is 6.30. The van der Waals surface area contributed by atoms with E-state index in [9.17, 15) is 4.79 Å². The topological polar surface area (TPSA) is 69.7 Å². The van der Waals surface area contributed by atoms with Gasteiger partial charge in [0.25, 0.3) is 0 Å². The first-order valence-electron chi connectivity index (χ1n) is 9.16. The first-order valence-corrected chi connectivity index (χ1v) is 9.92. The molecule has 1 aromatic heterocycles. The Morgan fingerprint density at radius 2 is 1.71 bits per heavy atom. The number of methoxy groups -OCH3 is 3. The molecule has 0 saturated heterocycles. The molecule has 1 heterocycles. The van der Waals surface area contributed by atoms with Crippen LogP contribution in [0.25, 0.3) is 6.08 Å². The van der Waals surface area contributed by atoms with Gasteiger partial charge in [-0.25, -0.2) is 4.98 Å². The summed E-state index contributed by atoms with van der Waals surface area (Å²) in [6, 6.07) is 11.9. The molecule has 160 valence electrons. The predicted molar refractivity (Wildman–Crippen MR) is 123 cm³/mol. The number of pyridine rings is 1. The van der Waals surface area contributed by atoms with Crippen molar-refractivity contribution in [2.45, 2.75) is 0 Å². The van der Waals surface area contributed by atoms with Crippen molar-refractivity contribution in [3.63, 3.8) is 0 Å². The Morgan fingerprint density at radius 1 is 1.00 bits per heavy atom. The van der Waals surface area contributed by atoms with Crippen molar-refractivity contribution >= 4 is 46.6 Å². The van der Waals surface area contributed by atoms with Gasteiger partial charge in [-0.05, 0) is 54.6 Å². The van der Waals surface area contributed by atoms with Gasteiger partial charge >= 0.3 is 0 Å². The number of halogens is 2. The average Bonchev–Trinajstić information content (AvgIpc) is 2.78. The van der Waals surface area contributed by atoms with Gasteiger partial charge in [-0.3, -0.25) is 4.79 Å². The molecule has 6 nitrogen and oxygen atoms in total. The molecule has 0 radical (unpaired) electrons. The minimum Gasteiger partial charge on any atom is -0.493 e. The van der Waals surface area contributed by atoms with Crippen LogP contribution < -0.4 is 19.5 Å². The van der Waals surface area contributed by atoms with Crippen molar-refractivity contribution in [1.29, 1.82) is 0 Å². The Morgan fingerprint density at radius 3 is 2.32 bits per heavy atom. The lowest BCUT2D eigenvalue weighted by Gasteiger charge is -2.13. The number of carbonyl (C=O) groups excluding carboxylic acids is 1. The van der Waals surface area contributed by atoms with Gasteiger partial charge in [0.05, 0.1) is 32.0 Å². The highest BCUT2D eigenvalue weighted by atomic mass is 35.5. The van der Waals surface area contributed by atoms with E-state index in [0.717, 1.165) is 0 Å². The van der Waals surface area contributed by atoms with Gasteiger partial charge in [0.15, 0.2) is 17.3 Å². The van der Waals surface area contributed by atoms with E-state index in [1.807, 2.05) is 6.07 Å². The molecule has 3 aromatic rings. The summed E-state index contributed by atoms with van der Waals surface area (Å²) in [5, 5.41) is 4.16. The largest absolute Gasteiger partial charge is 0.493 e. The lowest BCUT2D eigenvalue weighted by molar-refractivity contribution is 0.104. The van der Waals surface area contributed by atoms with E-state index < -0.39 is 0 Å². The van der Waals surface area contributed by atoms with Gasteiger partial charge in [0.1, 0.15) is 5.82 Å². The summed E-state index contributed by atoms with van der Waals surface area (Å²) >= 11 is 12.2. The van der Waals surface area contributed by atoms with Crippen LogP contribution in [0, 0.1) is 0 Å². The van der Waals surface area contributed by atoms with E-state index in [1.54, 1.807) is 48.7 Å². The van der Waals surface area contributed by atoms with Crippen LogP contribution in [-0.2, 0) is 0 Å². The fraction of sp³-hybridized carbons (Fsp3) is 0.130. The molecule has 0 aliphatic heterocycles. The maximum atomic E-state index is 12.8. The lowest BCUT2D eigenvalue weighted by Crippen LogP contribution is -2.01. The maximum Gasteiger partial charge on any atom is 0.203 e. The van der Waals surface area contributed by atoms with Crippen LogP contribution in [0.2, 0.25) is 10.0 Å². The SMILES string of the molecule is COc1cc(C(=O)C=Cc2cccnc2Nc2ccc(Cl)cc2Cl)cc(OC)c1OC. The molecular formula is C23H20Cl2N2O4. The number of ketones is 1. The standard InChI is InChI=1S/C23H20Cl2N2O4/c1-29-20-11-15(12-21(30-2)22(20)31-3)19(28)9-6-14-5-4-10-26-23(14)27-18-8-7-16(24)13-17(18)25/h4-13H,1-3H3,(H,26,27). The van der Waals surface area contributed by atoms with E-state index in [2.05, 4.69) is 10.3 Å². The fourth-order valence-corrected chi connectivity index (χ4v) is 3.32. The molecule has 0 atom stereocenters. The summed E-state index contributed by atoms with van der Waals surface area (Å²) in [6.45, 7) is 0. The van der Waals surface area contributed by atoms with Gasteiger partial charge in [0, 0.05) is 22.3 Å². The smallest absolute Gasteiger partial charge is 0.203 e. The van der Waals surface area contributed by atoms with E-state index in [4.69, 9.17) is 37.4 Å². The molecule has 8 heteroatoms. The zero-order chi connectivity index (χ0) is 22.4. The summed E-state index contributed by atoms with van der Waals surface area (Å²) < 4.78 is 15.9. The zero-order valence-corrected chi connectivity index (χ0v) is 18.6. The van der Waals surface area contributed by atoms with Crippen molar-refractivity contribution in [2.24, 2.45) is 0 Å². The van der Waals surface area contributed by atoms with Crippen LogP contribution in [0.5, 0.6) is 17.2 Å². The average molecular weight is 459 g/mol. The second kappa shape index (κ2) is 10.2. The Hall–Kier alpha value is -3.22. The van der Waals surface area contributed by atoms with E-state index in [0.29, 0.717) is 49.9 Å². The van der Waals surface area contributed by atoms with Crippen molar-refractivity contribution in [2.75, 3.05) is 26.6 Å². The van der Waals surface area contributed by atoms with Crippen molar-refractivity contribution in [3.05, 3.63) is 75.9 Å². The Kier molecular flexibility index (Phi) is 7.39. The normalized spacial score (nSPS) is 10.7. The lowest BCUT2D eigenvalue weighted by atomic mass is 10.1. The first-order chi connectivity index (χ1) is 15.0. The maximum absolute atomic E-state index is 12.8. The minimum absolute atomic E-state index is 0.237. The Labute approximate surface area is 190 Å². The molecule has 0 saturated carbocycles. The van der Waals surface area contributed by atoms with Crippen molar-refractivity contribution in [1.82, 2.24) is 4.98 Å². The highest BCUT2D eigenvalue weighted by Gasteiger charge is 2.16. The van der Waals surface area contributed by atoms with Gasteiger partial charge in [-0.15, -0.1) is 0 Å². The number of aromatic nitrogens is 1. The Balaban J connectivity index is 1.88. The summed E-state index contributed by atoms with van der Waals surface area (Å²) in [7, 11) is 4.50. The van der Waals surface area contributed by atoms with Crippen LogP contribution >= 0.6 is 23.2 Å². The van der Waals surface area contributed by atoms with Crippen LogP contribution in [0.15, 0.2) is 54.7 Å². The van der Waals surface area contributed by atoms with Crippen LogP contribution in [0.1, 0.15) is 15.9 Å². The number of hydrogen-bond acceptors (Lipinski definition) is 6. The molecule has 31 heavy (non-hydrogen) atoms. The molecule has 0 spiro atoms. The summed E-state index contributed by atoms with van der Waals surface area (Å²) in [5.41, 5.74) is 1.74. The number of nitrogens with one attached hydrogen (secondary N) is 1. The number of carbonyl (C=O) groups is 1. The number of allylic oxidation sites excluding steroid dienone is 1. The molecule has 0 fully saturated rings.